The summed E-state index contributed by atoms with van der Waals surface area (Å²) in [6.45, 7) is 4.98. The van der Waals surface area contributed by atoms with Crippen LogP contribution in [0.1, 0.15) is 18.1 Å². The molecule has 21 heavy (non-hydrogen) atoms. The van der Waals surface area contributed by atoms with Crippen LogP contribution in [0.3, 0.4) is 0 Å². The predicted molar refractivity (Wildman–Crippen MR) is 82.9 cm³/mol. The summed E-state index contributed by atoms with van der Waals surface area (Å²) in [6.07, 6.45) is 0.476. The Bertz CT molecular complexity index is 438. The number of benzene rings is 1. The highest BCUT2D eigenvalue weighted by atomic mass is 16.5. The Hall–Kier alpha value is -1.43. The molecule has 1 unspecified atom stereocenters. The fourth-order valence-electron chi connectivity index (χ4n) is 2.77. The highest BCUT2D eigenvalue weighted by molar-refractivity contribution is 5.82. The zero-order valence-electron chi connectivity index (χ0n) is 12.7. The first-order valence-corrected chi connectivity index (χ1v) is 7.55. The quantitative estimate of drug-likeness (QED) is 0.874. The molecule has 2 N–H and O–H groups in total. The van der Waals surface area contributed by atoms with E-state index in [2.05, 4.69) is 4.90 Å². The van der Waals surface area contributed by atoms with Crippen molar-refractivity contribution in [2.75, 3.05) is 46.4 Å². The lowest BCUT2D eigenvalue weighted by Crippen LogP contribution is -2.39. The van der Waals surface area contributed by atoms with E-state index in [0.717, 1.165) is 44.7 Å². The lowest BCUT2D eigenvalue weighted by atomic mass is 10.1. The molecule has 116 valence electrons. The van der Waals surface area contributed by atoms with E-state index in [1.165, 1.54) is 0 Å². The van der Waals surface area contributed by atoms with E-state index >= 15 is 0 Å². The maximum Gasteiger partial charge on any atom is 0.256 e. The van der Waals surface area contributed by atoms with Gasteiger partial charge < -0.3 is 20.3 Å². The van der Waals surface area contributed by atoms with Gasteiger partial charge in [0.1, 0.15) is 0 Å². The van der Waals surface area contributed by atoms with E-state index < -0.39 is 6.10 Å². The Balaban J connectivity index is 2.01. The molecule has 0 spiro atoms. The molecule has 1 fully saturated rings. The largest absolute Gasteiger partial charge is 0.367 e. The molecule has 0 saturated carbocycles. The van der Waals surface area contributed by atoms with E-state index in [4.69, 9.17) is 10.5 Å². The standard InChI is InChI=1S/C16H25N3O2/c1-21-15(14-6-3-2-4-7-14)16(20)19-10-5-9-18(11-8-17)12-13-19/h2-4,6-7,15H,5,8-13,17H2,1H3. The van der Waals surface area contributed by atoms with Gasteiger partial charge in [-0.3, -0.25) is 4.79 Å². The third-order valence-electron chi connectivity index (χ3n) is 3.91. The number of carbonyl (C=O) groups excluding carboxylic acids is 1. The maximum absolute atomic E-state index is 12.7. The summed E-state index contributed by atoms with van der Waals surface area (Å²) >= 11 is 0. The van der Waals surface area contributed by atoms with Crippen LogP contribution in [-0.2, 0) is 9.53 Å². The van der Waals surface area contributed by atoms with E-state index in [0.29, 0.717) is 6.54 Å². The summed E-state index contributed by atoms with van der Waals surface area (Å²) in [5.74, 6) is 0.0540. The molecular formula is C16H25N3O2. The molecule has 0 aliphatic carbocycles. The molecule has 0 radical (unpaired) electrons. The molecule has 1 aromatic rings. The van der Waals surface area contributed by atoms with Gasteiger partial charge in [-0.25, -0.2) is 0 Å². The van der Waals surface area contributed by atoms with Crippen molar-refractivity contribution < 1.29 is 9.53 Å². The summed E-state index contributed by atoms with van der Waals surface area (Å²) in [5, 5.41) is 0. The number of nitrogens with zero attached hydrogens (tertiary/aromatic N) is 2. The van der Waals surface area contributed by atoms with E-state index in [9.17, 15) is 4.79 Å². The van der Waals surface area contributed by atoms with Crippen molar-refractivity contribution >= 4 is 5.91 Å². The van der Waals surface area contributed by atoms with Crippen LogP contribution in [0, 0.1) is 0 Å². The van der Waals surface area contributed by atoms with Crippen molar-refractivity contribution in [2.24, 2.45) is 5.73 Å². The number of hydrogen-bond donors (Lipinski definition) is 1. The lowest BCUT2D eigenvalue weighted by Gasteiger charge is -2.26. The monoisotopic (exact) mass is 291 g/mol. The number of methoxy groups -OCH3 is 1. The molecule has 0 bridgehead atoms. The lowest BCUT2D eigenvalue weighted by molar-refractivity contribution is -0.142. The van der Waals surface area contributed by atoms with Gasteiger partial charge in [0.25, 0.3) is 5.91 Å². The highest BCUT2D eigenvalue weighted by Gasteiger charge is 2.27. The van der Waals surface area contributed by atoms with Gasteiger partial charge in [-0.1, -0.05) is 30.3 Å². The van der Waals surface area contributed by atoms with Gasteiger partial charge in [-0.2, -0.15) is 0 Å². The molecule has 1 aromatic carbocycles. The van der Waals surface area contributed by atoms with Crippen LogP contribution in [0.4, 0.5) is 0 Å². The number of hydrogen-bond acceptors (Lipinski definition) is 4. The predicted octanol–water partition coefficient (Wildman–Crippen LogP) is 0.867. The molecule has 2 rings (SSSR count). The molecule has 1 aliphatic rings. The van der Waals surface area contributed by atoms with Crippen molar-refractivity contribution in [2.45, 2.75) is 12.5 Å². The number of nitrogens with two attached hydrogens (primary N) is 1. The average Bonchev–Trinajstić information content (AvgIpc) is 2.75. The zero-order valence-corrected chi connectivity index (χ0v) is 12.7. The molecule has 0 aromatic heterocycles. The van der Waals surface area contributed by atoms with Crippen molar-refractivity contribution in [3.63, 3.8) is 0 Å². The summed E-state index contributed by atoms with van der Waals surface area (Å²) in [5.41, 5.74) is 6.52. The number of amides is 1. The minimum atomic E-state index is -0.507. The third kappa shape index (κ3) is 4.27. The average molecular weight is 291 g/mol. The smallest absolute Gasteiger partial charge is 0.256 e. The van der Waals surface area contributed by atoms with Gasteiger partial charge in [0.05, 0.1) is 0 Å². The fraction of sp³-hybridized carbons (Fsp3) is 0.562. The Labute approximate surface area is 126 Å². The number of rotatable bonds is 5. The Morgan fingerprint density at radius 3 is 2.67 bits per heavy atom. The third-order valence-corrected chi connectivity index (χ3v) is 3.91. The van der Waals surface area contributed by atoms with Crippen LogP contribution in [0.15, 0.2) is 30.3 Å². The van der Waals surface area contributed by atoms with Crippen molar-refractivity contribution in [1.29, 1.82) is 0 Å². The van der Waals surface area contributed by atoms with Crippen LogP contribution in [-0.4, -0.2) is 62.1 Å². The molecule has 1 amide bonds. The summed E-state index contributed by atoms with van der Waals surface area (Å²) in [6, 6.07) is 9.67. The van der Waals surface area contributed by atoms with Crippen molar-refractivity contribution in [3.8, 4) is 0 Å². The van der Waals surface area contributed by atoms with Gasteiger partial charge in [-0.05, 0) is 18.5 Å². The van der Waals surface area contributed by atoms with Crippen LogP contribution < -0.4 is 5.73 Å². The minimum absolute atomic E-state index is 0.0540. The number of carbonyl (C=O) groups is 1. The second-order valence-corrected chi connectivity index (χ2v) is 5.34. The zero-order chi connectivity index (χ0) is 15.1. The Morgan fingerprint density at radius 2 is 2.00 bits per heavy atom. The highest BCUT2D eigenvalue weighted by Crippen LogP contribution is 2.20. The fourth-order valence-corrected chi connectivity index (χ4v) is 2.77. The molecular weight excluding hydrogens is 266 g/mol. The van der Waals surface area contributed by atoms with E-state index in [1.807, 2.05) is 35.2 Å². The Morgan fingerprint density at radius 1 is 1.24 bits per heavy atom. The Kier molecular flexibility index (Phi) is 6.17. The van der Waals surface area contributed by atoms with E-state index in [1.54, 1.807) is 7.11 Å². The second kappa shape index (κ2) is 8.12. The first-order valence-electron chi connectivity index (χ1n) is 7.55. The van der Waals surface area contributed by atoms with Crippen LogP contribution in [0.25, 0.3) is 0 Å². The van der Waals surface area contributed by atoms with Crippen molar-refractivity contribution in [1.82, 2.24) is 9.80 Å². The van der Waals surface area contributed by atoms with Gasteiger partial charge in [0, 0.05) is 39.8 Å². The summed E-state index contributed by atoms with van der Waals surface area (Å²) in [7, 11) is 1.59. The van der Waals surface area contributed by atoms with Crippen LogP contribution in [0.2, 0.25) is 0 Å². The van der Waals surface area contributed by atoms with Gasteiger partial charge >= 0.3 is 0 Å². The molecule has 1 aliphatic heterocycles. The molecule has 5 nitrogen and oxygen atoms in total. The van der Waals surface area contributed by atoms with Crippen molar-refractivity contribution in [3.05, 3.63) is 35.9 Å². The SMILES string of the molecule is COC(C(=O)N1CCCN(CCN)CC1)c1ccccc1. The second-order valence-electron chi connectivity index (χ2n) is 5.34. The summed E-state index contributed by atoms with van der Waals surface area (Å²) < 4.78 is 5.44. The van der Waals surface area contributed by atoms with Crippen LogP contribution >= 0.6 is 0 Å². The first kappa shape index (κ1) is 15.9. The molecule has 1 saturated heterocycles. The summed E-state index contributed by atoms with van der Waals surface area (Å²) in [4.78, 5) is 16.9. The van der Waals surface area contributed by atoms with Crippen LogP contribution in [0.5, 0.6) is 0 Å². The first-order chi connectivity index (χ1) is 10.3. The maximum atomic E-state index is 12.7. The van der Waals surface area contributed by atoms with Gasteiger partial charge in [-0.15, -0.1) is 0 Å². The molecule has 5 heteroatoms. The molecule has 1 atom stereocenters. The number of ether oxygens (including phenoxy) is 1. The topological polar surface area (TPSA) is 58.8 Å². The van der Waals surface area contributed by atoms with Gasteiger partial charge in [0.15, 0.2) is 6.10 Å². The van der Waals surface area contributed by atoms with Gasteiger partial charge in [0.2, 0.25) is 0 Å². The van der Waals surface area contributed by atoms with E-state index in [-0.39, 0.29) is 5.91 Å². The molecule has 1 heterocycles. The normalized spacial score (nSPS) is 18.3. The minimum Gasteiger partial charge on any atom is -0.367 e.